The summed E-state index contributed by atoms with van der Waals surface area (Å²) in [5, 5.41) is 14.6. The number of rotatable bonds is 7. The molecule has 3 aliphatic heterocycles. The molecule has 4 heterocycles. The molecule has 1 atom stereocenters. The number of hydrogen-bond acceptors (Lipinski definition) is 8. The van der Waals surface area contributed by atoms with E-state index in [2.05, 4.69) is 26.0 Å². The maximum Gasteiger partial charge on any atom is 0.295 e. The van der Waals surface area contributed by atoms with Crippen LogP contribution in [0.15, 0.2) is 66.9 Å². The first-order chi connectivity index (χ1) is 19.5. The fourth-order valence-electron chi connectivity index (χ4n) is 5.43. The van der Waals surface area contributed by atoms with Gasteiger partial charge in [0.1, 0.15) is 24.3 Å². The van der Waals surface area contributed by atoms with Crippen molar-refractivity contribution in [1.29, 1.82) is 0 Å². The van der Waals surface area contributed by atoms with Gasteiger partial charge in [0.05, 0.1) is 5.60 Å². The van der Waals surface area contributed by atoms with Crippen molar-refractivity contribution in [2.24, 2.45) is 0 Å². The number of amides is 1. The van der Waals surface area contributed by atoms with Crippen molar-refractivity contribution in [3.05, 3.63) is 88.6 Å². The molecule has 0 spiro atoms. The molecule has 1 unspecified atom stereocenters. The van der Waals surface area contributed by atoms with Gasteiger partial charge in [0.2, 0.25) is 5.88 Å². The van der Waals surface area contributed by atoms with Gasteiger partial charge in [-0.2, -0.15) is 0 Å². The Hall–Kier alpha value is -3.08. The number of carbonyl (C=O) groups excluding carboxylic acids is 1. The lowest BCUT2D eigenvalue weighted by molar-refractivity contribution is -0.0254. The molecule has 208 valence electrons. The van der Waals surface area contributed by atoms with Crippen molar-refractivity contribution < 1.29 is 19.4 Å². The van der Waals surface area contributed by atoms with Crippen molar-refractivity contribution in [3.63, 3.8) is 0 Å². The fourth-order valence-corrected chi connectivity index (χ4v) is 6.13. The Labute approximate surface area is 242 Å². The van der Waals surface area contributed by atoms with Crippen molar-refractivity contribution in [2.75, 3.05) is 26.2 Å². The van der Waals surface area contributed by atoms with E-state index in [-0.39, 0.29) is 11.4 Å². The van der Waals surface area contributed by atoms with E-state index >= 15 is 0 Å². The molecule has 1 aromatic heterocycles. The molecule has 2 saturated heterocycles. The quantitative estimate of drug-likeness (QED) is 0.316. The number of halogens is 1. The highest BCUT2D eigenvalue weighted by atomic mass is 35.5. The summed E-state index contributed by atoms with van der Waals surface area (Å²) in [6.45, 7) is 2.85. The van der Waals surface area contributed by atoms with Gasteiger partial charge in [-0.1, -0.05) is 35.9 Å². The van der Waals surface area contributed by atoms with Crippen LogP contribution in [0.3, 0.4) is 0 Å². The van der Waals surface area contributed by atoms with Crippen molar-refractivity contribution in [2.45, 2.75) is 37.5 Å². The smallest absolute Gasteiger partial charge is 0.295 e. The first-order valence-electron chi connectivity index (χ1n) is 13.5. The molecule has 8 nitrogen and oxygen atoms in total. The number of nitrogens with zero attached hydrogens (tertiary/aromatic N) is 2. The highest BCUT2D eigenvalue weighted by Crippen LogP contribution is 2.42. The summed E-state index contributed by atoms with van der Waals surface area (Å²) >= 11 is 7.07. The first kappa shape index (κ1) is 27.1. The third-order valence-corrected chi connectivity index (χ3v) is 8.63. The highest BCUT2D eigenvalue weighted by Gasteiger charge is 2.33. The summed E-state index contributed by atoms with van der Waals surface area (Å²) in [5.41, 5.74) is 3.19. The van der Waals surface area contributed by atoms with E-state index in [0.29, 0.717) is 36.8 Å². The molecule has 0 radical (unpaired) electrons. The normalized spacial score (nSPS) is 21.2. The lowest BCUT2D eigenvalue weighted by Crippen LogP contribution is -2.42. The monoisotopic (exact) mass is 578 g/mol. The molecule has 3 N–H and O–H groups in total. The molecule has 0 aliphatic carbocycles. The Morgan fingerprint density at radius 2 is 2.00 bits per heavy atom. The van der Waals surface area contributed by atoms with Crippen LogP contribution in [0.2, 0.25) is 5.02 Å². The highest BCUT2D eigenvalue weighted by molar-refractivity contribution is 8.12. The Morgan fingerprint density at radius 3 is 2.77 bits per heavy atom. The van der Waals surface area contributed by atoms with Crippen molar-refractivity contribution in [3.8, 4) is 17.4 Å². The van der Waals surface area contributed by atoms with Crippen LogP contribution >= 0.6 is 23.5 Å². The zero-order valence-corrected chi connectivity index (χ0v) is 23.5. The molecule has 3 aromatic rings. The van der Waals surface area contributed by atoms with Gasteiger partial charge in [0.25, 0.3) is 5.24 Å². The van der Waals surface area contributed by atoms with E-state index in [1.807, 2.05) is 54.6 Å². The number of piperidine rings is 1. The number of allylic oxidation sites excluding steroid dienone is 1. The number of fused-ring (bicyclic) bond motifs is 2. The van der Waals surface area contributed by atoms with Gasteiger partial charge in [-0.05, 0) is 66.8 Å². The van der Waals surface area contributed by atoms with Crippen LogP contribution in [0, 0.1) is 0 Å². The Kier molecular flexibility index (Phi) is 8.00. The average Bonchev–Trinajstić information content (AvgIpc) is 3.31. The van der Waals surface area contributed by atoms with Crippen molar-refractivity contribution in [1.82, 2.24) is 19.9 Å². The topological polar surface area (TPSA) is 96.0 Å². The minimum atomic E-state index is -0.807. The van der Waals surface area contributed by atoms with Gasteiger partial charge in [-0.15, -0.1) is 0 Å². The largest absolute Gasteiger partial charge is 0.490 e. The number of aromatic nitrogens is 1. The number of pyridine rings is 1. The van der Waals surface area contributed by atoms with Gasteiger partial charge in [0.15, 0.2) is 0 Å². The number of ether oxygens (including phenoxy) is 2. The Bertz CT molecular complexity index is 1410. The molecule has 0 saturated carbocycles. The van der Waals surface area contributed by atoms with Gasteiger partial charge in [-0.3, -0.25) is 4.79 Å². The van der Waals surface area contributed by atoms with Crippen LogP contribution in [0.25, 0.3) is 5.57 Å². The second-order valence-electron chi connectivity index (χ2n) is 10.3. The molecule has 3 aliphatic rings. The van der Waals surface area contributed by atoms with Crippen LogP contribution in [0.4, 0.5) is 4.79 Å². The predicted molar refractivity (Wildman–Crippen MR) is 157 cm³/mol. The van der Waals surface area contributed by atoms with E-state index in [9.17, 15) is 9.90 Å². The minimum Gasteiger partial charge on any atom is -0.490 e. The Balaban J connectivity index is 1.14. The molecule has 2 fully saturated rings. The number of likely N-dealkylation sites (tertiary alicyclic amines) is 1. The third kappa shape index (κ3) is 5.99. The second kappa shape index (κ2) is 11.8. The molecule has 1 amide bonds. The maximum absolute atomic E-state index is 11.5. The standard InChI is InChI=1S/C30H31ClN4O4S/c31-22-10-8-21(9-11-22)30(37)12-16-35(17-13-30)15-3-4-20-18-24-25(38-19-27-33-29(36)40-34-27)6-1-7-26(24)39-28-23(20)5-2-14-32-28/h1-2,4-11,14,27,34,37H,3,12-13,15-19H2,(H,33,36)/b20-4-. The number of hydrogen-bond donors (Lipinski definition) is 3. The number of aliphatic hydroxyl groups is 1. The average molecular weight is 579 g/mol. The lowest BCUT2D eigenvalue weighted by atomic mass is 9.84. The molecule has 2 aromatic carbocycles. The van der Waals surface area contributed by atoms with Gasteiger partial charge in [0, 0.05) is 60.3 Å². The van der Waals surface area contributed by atoms with Crippen LogP contribution in [-0.2, 0) is 12.0 Å². The molecule has 40 heavy (non-hydrogen) atoms. The molecule has 6 rings (SSSR count). The van der Waals surface area contributed by atoms with E-state index in [1.165, 1.54) is 0 Å². The van der Waals surface area contributed by atoms with Crippen LogP contribution in [-0.4, -0.2) is 52.6 Å². The maximum atomic E-state index is 11.5. The van der Waals surface area contributed by atoms with E-state index < -0.39 is 5.60 Å². The third-order valence-electron chi connectivity index (χ3n) is 7.67. The second-order valence-corrected chi connectivity index (χ2v) is 11.5. The SMILES string of the molecule is O=C1NC(COc2cccc3c2C/C(=C/CCN2CCC(O)(c4ccc(Cl)cc4)CC2)c2cccnc2O3)NS1. The minimum absolute atomic E-state index is 0.112. The number of benzene rings is 2. The molecule has 0 bridgehead atoms. The first-order valence-corrected chi connectivity index (χ1v) is 14.7. The van der Waals surface area contributed by atoms with Gasteiger partial charge < -0.3 is 24.8 Å². The van der Waals surface area contributed by atoms with Crippen molar-refractivity contribution >= 4 is 34.4 Å². The van der Waals surface area contributed by atoms with E-state index in [0.717, 1.165) is 71.8 Å². The van der Waals surface area contributed by atoms with Gasteiger partial charge in [-0.25, -0.2) is 9.71 Å². The summed E-state index contributed by atoms with van der Waals surface area (Å²) in [6.07, 6.45) is 6.63. The summed E-state index contributed by atoms with van der Waals surface area (Å²) in [4.78, 5) is 18.4. The van der Waals surface area contributed by atoms with Crippen LogP contribution < -0.4 is 19.5 Å². The number of carbonyl (C=O) groups is 1. The number of nitrogens with one attached hydrogen (secondary N) is 2. The van der Waals surface area contributed by atoms with E-state index in [1.54, 1.807) is 6.20 Å². The fraction of sp³-hybridized carbons (Fsp3) is 0.333. The summed E-state index contributed by atoms with van der Waals surface area (Å²) in [7, 11) is 0. The Morgan fingerprint density at radius 1 is 1.18 bits per heavy atom. The zero-order valence-electron chi connectivity index (χ0n) is 21.9. The van der Waals surface area contributed by atoms with Crippen LogP contribution in [0.5, 0.6) is 17.4 Å². The summed E-state index contributed by atoms with van der Waals surface area (Å²) in [5.74, 6) is 2.02. The van der Waals surface area contributed by atoms with Gasteiger partial charge >= 0.3 is 0 Å². The van der Waals surface area contributed by atoms with E-state index in [4.69, 9.17) is 21.1 Å². The van der Waals surface area contributed by atoms with Crippen LogP contribution in [0.1, 0.15) is 36.0 Å². The molecule has 10 heteroatoms. The molecular formula is C30H31ClN4O4S. The zero-order chi connectivity index (χ0) is 27.5. The lowest BCUT2D eigenvalue weighted by Gasteiger charge is -2.38. The predicted octanol–water partition coefficient (Wildman–Crippen LogP) is 5.51. The molecular weight excluding hydrogens is 548 g/mol. The summed E-state index contributed by atoms with van der Waals surface area (Å²) < 4.78 is 15.4. The summed E-state index contributed by atoms with van der Waals surface area (Å²) in [6, 6.07) is 17.3.